The van der Waals surface area contributed by atoms with E-state index in [0.717, 1.165) is 43.0 Å². The third-order valence-corrected chi connectivity index (χ3v) is 17.1. The van der Waals surface area contributed by atoms with Gasteiger partial charge in [0.1, 0.15) is 0 Å². The Bertz CT molecular complexity index is 853. The van der Waals surface area contributed by atoms with Crippen molar-refractivity contribution in [2.45, 2.75) is 45.5 Å². The van der Waals surface area contributed by atoms with E-state index in [0.29, 0.717) is 0 Å². The summed E-state index contributed by atoms with van der Waals surface area (Å²) in [5.41, 5.74) is 3.38. The summed E-state index contributed by atoms with van der Waals surface area (Å²) in [6, 6.07) is 19.4. The molecule has 0 aromatic heterocycles. The first-order valence-corrected chi connectivity index (χ1v) is 16.2. The van der Waals surface area contributed by atoms with Crippen molar-refractivity contribution in [1.29, 1.82) is 0 Å². The number of ether oxygens (including phenoxy) is 1. The van der Waals surface area contributed by atoms with Crippen LogP contribution in [0.2, 0.25) is 24.7 Å². The Morgan fingerprint density at radius 1 is 0.900 bits per heavy atom. The molecule has 0 N–H and O–H groups in total. The van der Waals surface area contributed by atoms with Gasteiger partial charge in [0.15, 0.2) is 8.32 Å². The molecule has 30 heavy (non-hydrogen) atoms. The fraction of sp³-hybridized carbons (Fsp3) is 0.440. The van der Waals surface area contributed by atoms with E-state index >= 15 is 0 Å². The van der Waals surface area contributed by atoms with Crippen LogP contribution >= 0.6 is 0 Å². The van der Waals surface area contributed by atoms with Crippen molar-refractivity contribution in [1.82, 2.24) is 4.57 Å². The Balaban J connectivity index is 1.94. The first-order chi connectivity index (χ1) is 14.0. The van der Waals surface area contributed by atoms with E-state index in [1.54, 1.807) is 0 Å². The Hall–Kier alpha value is -1.51. The van der Waals surface area contributed by atoms with Crippen LogP contribution in [-0.4, -0.2) is 47.7 Å². The van der Waals surface area contributed by atoms with Gasteiger partial charge in [0.05, 0.1) is 13.2 Å². The van der Waals surface area contributed by atoms with E-state index in [1.165, 1.54) is 5.19 Å². The van der Waals surface area contributed by atoms with Crippen molar-refractivity contribution in [3.63, 3.8) is 0 Å². The van der Waals surface area contributed by atoms with Gasteiger partial charge < -0.3 is 8.85 Å². The molecule has 1 aliphatic heterocycles. The lowest BCUT2D eigenvalue weighted by Gasteiger charge is -2.48. The predicted octanol–water partition coefficient (Wildman–Crippen LogP) is 5.38. The van der Waals surface area contributed by atoms with Gasteiger partial charge in [-0.05, 0) is 46.6 Å². The van der Waals surface area contributed by atoms with E-state index < -0.39 is 16.8 Å². The van der Waals surface area contributed by atoms with E-state index in [9.17, 15) is 0 Å². The van der Waals surface area contributed by atoms with E-state index in [4.69, 9.17) is 8.85 Å². The molecule has 0 saturated carbocycles. The van der Waals surface area contributed by atoms with Crippen molar-refractivity contribution in [2.75, 3.05) is 26.3 Å². The van der Waals surface area contributed by atoms with Gasteiger partial charge in [0.25, 0.3) is 8.48 Å². The lowest BCUT2D eigenvalue weighted by molar-refractivity contribution is 0.0639. The average Bonchev–Trinajstić information content (AvgIpc) is 2.73. The predicted molar refractivity (Wildman–Crippen MR) is 133 cm³/mol. The van der Waals surface area contributed by atoms with Crippen molar-refractivity contribution >= 4 is 27.6 Å². The minimum atomic E-state index is -2.32. The fourth-order valence-corrected chi connectivity index (χ4v) is 12.1. The van der Waals surface area contributed by atoms with Gasteiger partial charge in [0, 0.05) is 13.1 Å². The smallest absolute Gasteiger partial charge is 0.291 e. The van der Waals surface area contributed by atoms with Gasteiger partial charge in [-0.1, -0.05) is 81.9 Å². The number of benzene rings is 2. The van der Waals surface area contributed by atoms with Crippen LogP contribution in [0.5, 0.6) is 0 Å². The highest BCUT2D eigenvalue weighted by atomic mass is 28.4. The molecule has 0 radical (unpaired) electrons. The number of rotatable bonds is 6. The lowest BCUT2D eigenvalue weighted by atomic mass is 10.00. The zero-order valence-electron chi connectivity index (χ0n) is 19.5. The second-order valence-corrected chi connectivity index (χ2v) is 18.4. The lowest BCUT2D eigenvalue weighted by Crippen LogP contribution is -2.69. The van der Waals surface area contributed by atoms with E-state index in [-0.39, 0.29) is 5.04 Å². The van der Waals surface area contributed by atoms with Crippen molar-refractivity contribution in [2.24, 2.45) is 0 Å². The Morgan fingerprint density at radius 3 is 1.97 bits per heavy atom. The molecule has 0 amide bonds. The molecule has 0 aliphatic carbocycles. The molecule has 2 aromatic carbocycles. The monoisotopic (exact) mass is 439 g/mol. The highest BCUT2D eigenvalue weighted by molar-refractivity contribution is 6.92. The highest BCUT2D eigenvalue weighted by Crippen LogP contribution is 2.39. The first kappa shape index (κ1) is 23.2. The maximum atomic E-state index is 7.23. The highest BCUT2D eigenvalue weighted by Gasteiger charge is 2.48. The number of nitrogens with zero attached hydrogens (tertiary/aromatic N) is 1. The molecular formula is C25H37NO2Si2. The van der Waals surface area contributed by atoms with Crippen LogP contribution in [0.15, 0.2) is 61.2 Å². The summed E-state index contributed by atoms with van der Waals surface area (Å²) in [6.07, 6.45) is 0. The molecule has 0 bridgehead atoms. The standard InChI is InChI=1S/C25H37NO2Si2/c1-21(22-11-9-8-10-12-22)23-13-15-24(16-14-23)30(7,26-17-19-27-20-18-26)28-29(5,6)25(2,3)4/h8-16H,1,17-20H2,2-7H3. The SMILES string of the molecule is C=C(c1ccccc1)c1ccc([Si](C)(O[Si](C)(C)C(C)(C)C)N2CCOCC2)cc1. The van der Waals surface area contributed by atoms with Crippen molar-refractivity contribution < 1.29 is 8.85 Å². The average molecular weight is 440 g/mol. The van der Waals surface area contributed by atoms with Gasteiger partial charge in [-0.3, -0.25) is 4.57 Å². The van der Waals surface area contributed by atoms with Crippen molar-refractivity contribution in [3.05, 3.63) is 72.3 Å². The summed E-state index contributed by atoms with van der Waals surface area (Å²) in [7, 11) is -4.25. The minimum absolute atomic E-state index is 0.176. The van der Waals surface area contributed by atoms with Crippen LogP contribution < -0.4 is 5.19 Å². The molecule has 2 aromatic rings. The summed E-state index contributed by atoms with van der Waals surface area (Å²) in [6.45, 7) is 21.8. The maximum Gasteiger partial charge on any atom is 0.291 e. The van der Waals surface area contributed by atoms with Gasteiger partial charge in [-0.2, -0.15) is 0 Å². The third kappa shape index (κ3) is 4.86. The number of hydrogen-bond acceptors (Lipinski definition) is 3. The van der Waals surface area contributed by atoms with Crippen LogP contribution in [0.25, 0.3) is 5.57 Å². The summed E-state index contributed by atoms with van der Waals surface area (Å²) in [4.78, 5) is 0. The van der Waals surface area contributed by atoms with Gasteiger partial charge in [0.2, 0.25) is 0 Å². The molecule has 1 aliphatic rings. The quantitative estimate of drug-likeness (QED) is 0.564. The molecule has 5 heteroatoms. The topological polar surface area (TPSA) is 21.7 Å². The largest absolute Gasteiger partial charge is 0.441 e. The number of hydrogen-bond donors (Lipinski definition) is 0. The second kappa shape index (κ2) is 8.93. The summed E-state index contributed by atoms with van der Waals surface area (Å²) in [5.74, 6) is 0. The molecule has 1 unspecified atom stereocenters. The summed E-state index contributed by atoms with van der Waals surface area (Å²) in [5, 5.41) is 1.51. The summed E-state index contributed by atoms with van der Waals surface area (Å²) < 4.78 is 15.5. The van der Waals surface area contributed by atoms with Crippen LogP contribution in [0.1, 0.15) is 31.9 Å². The molecule has 3 rings (SSSR count). The van der Waals surface area contributed by atoms with Crippen LogP contribution in [-0.2, 0) is 8.85 Å². The van der Waals surface area contributed by atoms with Crippen LogP contribution in [0, 0.1) is 0 Å². The van der Waals surface area contributed by atoms with E-state index in [2.05, 4.69) is 100 Å². The normalized spacial score (nSPS) is 18.1. The summed E-state index contributed by atoms with van der Waals surface area (Å²) >= 11 is 0. The zero-order valence-corrected chi connectivity index (χ0v) is 21.5. The molecule has 0 spiro atoms. The van der Waals surface area contributed by atoms with Gasteiger partial charge in [-0.15, -0.1) is 0 Å². The molecule has 1 fully saturated rings. The van der Waals surface area contributed by atoms with Gasteiger partial charge >= 0.3 is 0 Å². The van der Waals surface area contributed by atoms with Gasteiger partial charge in [-0.25, -0.2) is 0 Å². The van der Waals surface area contributed by atoms with Crippen LogP contribution in [0.4, 0.5) is 0 Å². The number of morpholine rings is 1. The fourth-order valence-electron chi connectivity index (χ4n) is 3.73. The van der Waals surface area contributed by atoms with Crippen molar-refractivity contribution in [3.8, 4) is 0 Å². The second-order valence-electron chi connectivity index (χ2n) is 9.87. The Morgan fingerprint density at radius 2 is 1.43 bits per heavy atom. The minimum Gasteiger partial charge on any atom is -0.441 e. The van der Waals surface area contributed by atoms with Crippen LogP contribution in [0.3, 0.4) is 0 Å². The third-order valence-electron chi connectivity index (χ3n) is 6.77. The molecule has 1 heterocycles. The molecule has 1 atom stereocenters. The molecular weight excluding hydrogens is 402 g/mol. The molecule has 3 nitrogen and oxygen atoms in total. The first-order valence-electron chi connectivity index (χ1n) is 10.9. The Kier molecular flexibility index (Phi) is 6.89. The zero-order chi connectivity index (χ0) is 22.0. The maximum absolute atomic E-state index is 7.23. The molecule has 1 saturated heterocycles. The van der Waals surface area contributed by atoms with E-state index in [1.807, 2.05) is 6.07 Å². The molecule has 162 valence electrons. The Labute approximate surface area is 185 Å².